The fourth-order valence-electron chi connectivity index (χ4n) is 2.97. The summed E-state index contributed by atoms with van der Waals surface area (Å²) in [4.78, 5) is 14.0. The number of carbonyl (C=O) groups is 1. The van der Waals surface area contributed by atoms with Gasteiger partial charge in [0.2, 0.25) is 5.91 Å². The standard InChI is InChI=1S/C11H20N2O3S/c1-7(17(2,15)16)11(14)13-9-3-4-10(13)6-8(12)5-9/h7-10H,3-6,12H2,1-2H3. The lowest BCUT2D eigenvalue weighted by molar-refractivity contribution is -0.134. The van der Waals surface area contributed by atoms with Gasteiger partial charge in [-0.2, -0.15) is 0 Å². The minimum atomic E-state index is -3.31. The van der Waals surface area contributed by atoms with Gasteiger partial charge in [-0.25, -0.2) is 8.42 Å². The predicted molar refractivity (Wildman–Crippen MR) is 65.2 cm³/mol. The second-order valence-electron chi connectivity index (χ2n) is 5.33. The minimum absolute atomic E-state index is 0.153. The topological polar surface area (TPSA) is 80.5 Å². The summed E-state index contributed by atoms with van der Waals surface area (Å²) in [6.45, 7) is 1.48. The summed E-state index contributed by atoms with van der Waals surface area (Å²) < 4.78 is 22.9. The molecule has 0 spiro atoms. The molecule has 2 aliphatic heterocycles. The number of rotatable bonds is 2. The molecular formula is C11H20N2O3S. The van der Waals surface area contributed by atoms with Crippen LogP contribution in [0.15, 0.2) is 0 Å². The van der Waals surface area contributed by atoms with Crippen LogP contribution in [0.5, 0.6) is 0 Å². The van der Waals surface area contributed by atoms with Crippen LogP contribution in [0.2, 0.25) is 0 Å². The van der Waals surface area contributed by atoms with Crippen molar-refractivity contribution in [1.29, 1.82) is 0 Å². The van der Waals surface area contributed by atoms with E-state index in [2.05, 4.69) is 0 Å². The first kappa shape index (κ1) is 12.8. The largest absolute Gasteiger partial charge is 0.335 e. The van der Waals surface area contributed by atoms with Crippen LogP contribution in [0.25, 0.3) is 0 Å². The first-order valence-electron chi connectivity index (χ1n) is 6.07. The number of piperidine rings is 1. The van der Waals surface area contributed by atoms with Gasteiger partial charge in [0.05, 0.1) is 0 Å². The summed E-state index contributed by atoms with van der Waals surface area (Å²) >= 11 is 0. The van der Waals surface area contributed by atoms with Crippen LogP contribution in [-0.2, 0) is 14.6 Å². The number of fused-ring (bicyclic) bond motifs is 2. The fourth-order valence-corrected chi connectivity index (χ4v) is 3.46. The maximum absolute atomic E-state index is 12.2. The Morgan fingerprint density at radius 1 is 1.29 bits per heavy atom. The summed E-state index contributed by atoms with van der Waals surface area (Å²) in [6.07, 6.45) is 4.64. The van der Waals surface area contributed by atoms with E-state index in [0.717, 1.165) is 31.9 Å². The van der Waals surface area contributed by atoms with E-state index in [4.69, 9.17) is 5.73 Å². The van der Waals surface area contributed by atoms with E-state index in [-0.39, 0.29) is 24.0 Å². The van der Waals surface area contributed by atoms with E-state index >= 15 is 0 Å². The number of amides is 1. The number of nitrogens with zero attached hydrogens (tertiary/aromatic N) is 1. The Labute approximate surface area is 102 Å². The SMILES string of the molecule is CC(C(=O)N1C2CCC1CC(N)C2)S(C)(=O)=O. The lowest BCUT2D eigenvalue weighted by atomic mass is 9.98. The Bertz CT molecular complexity index is 406. The molecule has 5 nitrogen and oxygen atoms in total. The maximum Gasteiger partial charge on any atom is 0.241 e. The zero-order chi connectivity index (χ0) is 12.8. The van der Waals surface area contributed by atoms with Gasteiger partial charge in [-0.1, -0.05) is 0 Å². The van der Waals surface area contributed by atoms with E-state index in [1.54, 1.807) is 4.90 Å². The highest BCUT2D eigenvalue weighted by molar-refractivity contribution is 7.92. The zero-order valence-electron chi connectivity index (χ0n) is 10.3. The van der Waals surface area contributed by atoms with Crippen molar-refractivity contribution < 1.29 is 13.2 Å². The Morgan fingerprint density at radius 2 is 1.76 bits per heavy atom. The molecule has 2 rings (SSSR count). The lowest BCUT2D eigenvalue weighted by Gasteiger charge is -2.38. The highest BCUT2D eigenvalue weighted by atomic mass is 32.2. The molecule has 17 heavy (non-hydrogen) atoms. The molecular weight excluding hydrogens is 240 g/mol. The van der Waals surface area contributed by atoms with Gasteiger partial charge in [0.1, 0.15) is 5.25 Å². The lowest BCUT2D eigenvalue weighted by Crippen LogP contribution is -2.53. The van der Waals surface area contributed by atoms with Crippen molar-refractivity contribution in [1.82, 2.24) is 4.90 Å². The molecule has 0 aliphatic carbocycles. The number of hydrogen-bond donors (Lipinski definition) is 1. The zero-order valence-corrected chi connectivity index (χ0v) is 11.1. The summed E-state index contributed by atoms with van der Waals surface area (Å²) in [6, 6.07) is 0.464. The molecule has 2 fully saturated rings. The van der Waals surface area contributed by atoms with Crippen molar-refractivity contribution in [3.05, 3.63) is 0 Å². The molecule has 2 heterocycles. The van der Waals surface area contributed by atoms with Gasteiger partial charge >= 0.3 is 0 Å². The molecule has 2 bridgehead atoms. The second kappa shape index (κ2) is 4.24. The number of carbonyl (C=O) groups excluding carboxylic acids is 1. The van der Waals surface area contributed by atoms with Crippen LogP contribution >= 0.6 is 0 Å². The molecule has 98 valence electrons. The minimum Gasteiger partial charge on any atom is -0.335 e. The molecule has 2 saturated heterocycles. The van der Waals surface area contributed by atoms with Crippen LogP contribution in [-0.4, -0.2) is 48.9 Å². The van der Waals surface area contributed by atoms with Crippen molar-refractivity contribution in [3.8, 4) is 0 Å². The van der Waals surface area contributed by atoms with Crippen LogP contribution in [0, 0.1) is 0 Å². The first-order chi connectivity index (χ1) is 7.80. The molecule has 2 N–H and O–H groups in total. The molecule has 0 radical (unpaired) electrons. The van der Waals surface area contributed by atoms with Gasteiger partial charge in [0, 0.05) is 24.4 Å². The average Bonchev–Trinajstić information content (AvgIpc) is 2.47. The van der Waals surface area contributed by atoms with Gasteiger partial charge in [-0.05, 0) is 32.6 Å². The molecule has 0 aromatic heterocycles. The highest BCUT2D eigenvalue weighted by Gasteiger charge is 2.44. The van der Waals surface area contributed by atoms with Crippen molar-refractivity contribution in [2.24, 2.45) is 5.73 Å². The summed E-state index contributed by atoms with van der Waals surface area (Å²) in [7, 11) is -3.31. The quantitative estimate of drug-likeness (QED) is 0.752. The van der Waals surface area contributed by atoms with E-state index in [1.807, 2.05) is 0 Å². The molecule has 6 heteroatoms. The van der Waals surface area contributed by atoms with Crippen LogP contribution < -0.4 is 5.73 Å². The van der Waals surface area contributed by atoms with Crippen LogP contribution in [0.4, 0.5) is 0 Å². The first-order valence-corrected chi connectivity index (χ1v) is 8.02. The summed E-state index contributed by atoms with van der Waals surface area (Å²) in [5, 5.41) is -0.931. The Kier molecular flexibility index (Phi) is 3.20. The van der Waals surface area contributed by atoms with Gasteiger partial charge in [0.25, 0.3) is 0 Å². The van der Waals surface area contributed by atoms with Crippen molar-refractivity contribution in [2.45, 2.75) is 56.0 Å². The Morgan fingerprint density at radius 3 is 2.18 bits per heavy atom. The molecule has 0 aromatic rings. The van der Waals surface area contributed by atoms with Crippen LogP contribution in [0.1, 0.15) is 32.6 Å². The van der Waals surface area contributed by atoms with Gasteiger partial charge < -0.3 is 10.6 Å². The number of hydrogen-bond acceptors (Lipinski definition) is 4. The van der Waals surface area contributed by atoms with E-state index < -0.39 is 15.1 Å². The molecule has 3 atom stereocenters. The summed E-state index contributed by atoms with van der Waals surface area (Å²) in [5.74, 6) is -0.244. The number of nitrogens with two attached hydrogens (primary N) is 1. The van der Waals surface area contributed by atoms with E-state index in [9.17, 15) is 13.2 Å². The molecule has 0 aromatic carbocycles. The molecule has 1 amide bonds. The van der Waals surface area contributed by atoms with E-state index in [0.29, 0.717) is 0 Å². The molecule has 0 saturated carbocycles. The highest BCUT2D eigenvalue weighted by Crippen LogP contribution is 2.35. The summed E-state index contributed by atoms with van der Waals surface area (Å²) in [5.41, 5.74) is 5.92. The van der Waals surface area contributed by atoms with E-state index in [1.165, 1.54) is 6.92 Å². The van der Waals surface area contributed by atoms with Gasteiger partial charge in [0.15, 0.2) is 9.84 Å². The predicted octanol–water partition coefficient (Wildman–Crippen LogP) is -0.0998. The van der Waals surface area contributed by atoms with Gasteiger partial charge in [-0.15, -0.1) is 0 Å². The molecule has 2 aliphatic rings. The normalized spacial score (nSPS) is 34.8. The average molecular weight is 260 g/mol. The third-order valence-corrected chi connectivity index (χ3v) is 5.50. The third-order valence-electron chi connectivity index (χ3n) is 4.01. The third kappa shape index (κ3) is 2.33. The smallest absolute Gasteiger partial charge is 0.241 e. The molecule has 3 unspecified atom stereocenters. The van der Waals surface area contributed by atoms with Crippen molar-refractivity contribution in [2.75, 3.05) is 6.26 Å². The van der Waals surface area contributed by atoms with Gasteiger partial charge in [-0.3, -0.25) is 4.79 Å². The Hall–Kier alpha value is -0.620. The second-order valence-corrected chi connectivity index (χ2v) is 7.70. The van der Waals surface area contributed by atoms with Crippen molar-refractivity contribution >= 4 is 15.7 Å². The maximum atomic E-state index is 12.2. The monoisotopic (exact) mass is 260 g/mol. The number of sulfone groups is 1. The Balaban J connectivity index is 2.17. The fraction of sp³-hybridized carbons (Fsp3) is 0.909. The van der Waals surface area contributed by atoms with Crippen LogP contribution in [0.3, 0.4) is 0 Å². The van der Waals surface area contributed by atoms with Crippen molar-refractivity contribution in [3.63, 3.8) is 0 Å².